The van der Waals surface area contributed by atoms with Gasteiger partial charge in [0.05, 0.1) is 31.3 Å². The molecule has 5 nitrogen and oxygen atoms in total. The van der Waals surface area contributed by atoms with Gasteiger partial charge in [-0.1, -0.05) is 23.5 Å². The third-order valence-electron chi connectivity index (χ3n) is 3.23. The van der Waals surface area contributed by atoms with Crippen LogP contribution in [0, 0.1) is 30.1 Å². The second kappa shape index (κ2) is 6.90. The fourth-order valence-corrected chi connectivity index (χ4v) is 2.17. The topological polar surface area (TPSA) is 79.3 Å². The molecule has 1 fully saturated rings. The molecule has 0 aromatic heterocycles. The lowest BCUT2D eigenvalue weighted by molar-refractivity contribution is 0.00345. The van der Waals surface area contributed by atoms with Crippen molar-refractivity contribution in [1.82, 2.24) is 4.90 Å². The lowest BCUT2D eigenvalue weighted by atomic mass is 10.0. The summed E-state index contributed by atoms with van der Waals surface area (Å²) in [6, 6.07) is 7.60. The van der Waals surface area contributed by atoms with Crippen LogP contribution in [0.3, 0.4) is 0 Å². The maximum atomic E-state index is 12.7. The average Bonchev–Trinajstić information content (AvgIpc) is 2.53. The molecule has 0 saturated carbocycles. The van der Waals surface area contributed by atoms with Crippen LogP contribution in [0.2, 0.25) is 0 Å². The summed E-state index contributed by atoms with van der Waals surface area (Å²) in [6.07, 6.45) is -0.564. The number of hydrogen-bond donors (Lipinski definition) is 1. The van der Waals surface area contributed by atoms with Gasteiger partial charge in [-0.3, -0.25) is 4.79 Å². The molecule has 0 spiro atoms. The predicted octanol–water partition coefficient (Wildman–Crippen LogP) is 0.670. The highest BCUT2D eigenvalue weighted by molar-refractivity contribution is 5.97. The number of aryl methyl sites for hydroxylation is 1. The minimum absolute atomic E-state index is 0.122. The number of carbonyl (C=O) groups excluding carboxylic acids is 1. The molecule has 0 aliphatic carbocycles. The van der Waals surface area contributed by atoms with E-state index < -0.39 is 6.10 Å². The van der Waals surface area contributed by atoms with Gasteiger partial charge in [0.25, 0.3) is 5.91 Å². The van der Waals surface area contributed by atoms with E-state index in [9.17, 15) is 4.79 Å². The van der Waals surface area contributed by atoms with Crippen molar-refractivity contribution in [2.24, 2.45) is 5.73 Å². The fraction of sp³-hybridized carbons (Fsp3) is 0.375. The number of nitriles is 1. The molecule has 1 saturated heterocycles. The Balaban J connectivity index is 2.30. The smallest absolute Gasteiger partial charge is 0.255 e. The van der Waals surface area contributed by atoms with Crippen LogP contribution in [0.1, 0.15) is 21.5 Å². The molecule has 1 atom stereocenters. The number of rotatable bonds is 1. The molecule has 1 aromatic rings. The Bertz CT molecular complexity index is 637. The van der Waals surface area contributed by atoms with E-state index in [0.29, 0.717) is 24.3 Å². The normalized spacial score (nSPS) is 17.6. The first-order valence-electron chi connectivity index (χ1n) is 6.75. The minimum atomic E-state index is -0.564. The summed E-state index contributed by atoms with van der Waals surface area (Å²) in [5.74, 6) is 5.58. The monoisotopic (exact) mass is 283 g/mol. The van der Waals surface area contributed by atoms with Gasteiger partial charge in [-0.25, -0.2) is 0 Å². The van der Waals surface area contributed by atoms with Crippen LogP contribution in [0.4, 0.5) is 0 Å². The first kappa shape index (κ1) is 15.1. The third kappa shape index (κ3) is 3.61. The van der Waals surface area contributed by atoms with E-state index in [4.69, 9.17) is 15.7 Å². The van der Waals surface area contributed by atoms with Crippen molar-refractivity contribution >= 4 is 5.91 Å². The van der Waals surface area contributed by atoms with Gasteiger partial charge >= 0.3 is 0 Å². The molecule has 1 aliphatic rings. The Morgan fingerprint density at radius 1 is 1.57 bits per heavy atom. The van der Waals surface area contributed by atoms with Crippen LogP contribution < -0.4 is 5.73 Å². The zero-order chi connectivity index (χ0) is 15.2. The van der Waals surface area contributed by atoms with Crippen molar-refractivity contribution in [2.75, 3.05) is 26.2 Å². The first-order valence-corrected chi connectivity index (χ1v) is 6.75. The van der Waals surface area contributed by atoms with E-state index in [1.807, 2.05) is 31.2 Å². The molecular weight excluding hydrogens is 266 g/mol. The van der Waals surface area contributed by atoms with E-state index in [2.05, 4.69) is 11.8 Å². The molecule has 5 heteroatoms. The highest BCUT2D eigenvalue weighted by Crippen LogP contribution is 2.16. The van der Waals surface area contributed by atoms with Gasteiger partial charge in [0.1, 0.15) is 0 Å². The summed E-state index contributed by atoms with van der Waals surface area (Å²) in [7, 11) is 0. The summed E-state index contributed by atoms with van der Waals surface area (Å²) in [5.41, 5.74) is 7.59. The van der Waals surface area contributed by atoms with Crippen LogP contribution in [-0.4, -0.2) is 43.2 Å². The number of ether oxygens (including phenoxy) is 1. The number of nitrogens with zero attached hydrogens (tertiary/aromatic N) is 2. The standard InChI is InChI=1S/C16H17N3O2/c1-12-4-5-13(3-2-6-17)15(9-12)16(20)19-7-8-21-14(10-18)11-19/h4-5,9,14H,6-8,11,17H2,1H3. The van der Waals surface area contributed by atoms with Crippen LogP contribution in [0.15, 0.2) is 18.2 Å². The van der Waals surface area contributed by atoms with Gasteiger partial charge in [0, 0.05) is 12.1 Å². The Kier molecular flexibility index (Phi) is 4.94. The van der Waals surface area contributed by atoms with Gasteiger partial charge in [0.2, 0.25) is 0 Å². The molecule has 2 N–H and O–H groups in total. The summed E-state index contributed by atoms with van der Waals surface area (Å²) in [6.45, 7) is 3.31. The number of morpholine rings is 1. The fourth-order valence-electron chi connectivity index (χ4n) is 2.17. The molecule has 1 aliphatic heterocycles. The SMILES string of the molecule is Cc1ccc(C#CCN)c(C(=O)N2CCOC(C#N)C2)c1. The summed E-state index contributed by atoms with van der Waals surface area (Å²) < 4.78 is 5.26. The van der Waals surface area contributed by atoms with E-state index in [1.54, 1.807) is 4.90 Å². The van der Waals surface area contributed by atoms with Crippen LogP contribution in [-0.2, 0) is 4.74 Å². The molecule has 1 aromatic carbocycles. The number of amides is 1. The molecule has 0 radical (unpaired) electrons. The molecule has 1 amide bonds. The van der Waals surface area contributed by atoms with Crippen molar-refractivity contribution in [3.63, 3.8) is 0 Å². The first-order chi connectivity index (χ1) is 10.2. The second-order valence-electron chi connectivity index (χ2n) is 4.79. The van der Waals surface area contributed by atoms with Crippen molar-refractivity contribution in [3.05, 3.63) is 34.9 Å². The average molecular weight is 283 g/mol. The molecule has 21 heavy (non-hydrogen) atoms. The van der Waals surface area contributed by atoms with Gasteiger partial charge in [-0.05, 0) is 19.1 Å². The van der Waals surface area contributed by atoms with Gasteiger partial charge < -0.3 is 15.4 Å². The number of carbonyl (C=O) groups is 1. The zero-order valence-corrected chi connectivity index (χ0v) is 11.9. The van der Waals surface area contributed by atoms with E-state index in [1.165, 1.54) is 0 Å². The zero-order valence-electron chi connectivity index (χ0n) is 11.9. The Hall–Kier alpha value is -2.34. The maximum absolute atomic E-state index is 12.7. The van der Waals surface area contributed by atoms with Crippen LogP contribution >= 0.6 is 0 Å². The maximum Gasteiger partial charge on any atom is 0.255 e. The summed E-state index contributed by atoms with van der Waals surface area (Å²) in [4.78, 5) is 14.3. The van der Waals surface area contributed by atoms with E-state index in [0.717, 1.165) is 5.56 Å². The van der Waals surface area contributed by atoms with Crippen molar-refractivity contribution in [1.29, 1.82) is 5.26 Å². The minimum Gasteiger partial charge on any atom is -0.360 e. The molecule has 1 unspecified atom stereocenters. The Morgan fingerprint density at radius 2 is 2.38 bits per heavy atom. The molecule has 108 valence electrons. The summed E-state index contributed by atoms with van der Waals surface area (Å²) >= 11 is 0. The molecule has 1 heterocycles. The summed E-state index contributed by atoms with van der Waals surface area (Å²) in [5, 5.41) is 8.93. The lowest BCUT2D eigenvalue weighted by Gasteiger charge is -2.30. The predicted molar refractivity (Wildman–Crippen MR) is 78.4 cm³/mol. The van der Waals surface area contributed by atoms with Gasteiger partial charge in [-0.2, -0.15) is 5.26 Å². The van der Waals surface area contributed by atoms with E-state index in [-0.39, 0.29) is 19.0 Å². The highest BCUT2D eigenvalue weighted by atomic mass is 16.5. The van der Waals surface area contributed by atoms with Crippen molar-refractivity contribution in [2.45, 2.75) is 13.0 Å². The lowest BCUT2D eigenvalue weighted by Crippen LogP contribution is -2.45. The quantitative estimate of drug-likeness (QED) is 0.768. The molecule has 2 rings (SSSR count). The number of nitrogens with two attached hydrogens (primary N) is 1. The largest absolute Gasteiger partial charge is 0.360 e. The van der Waals surface area contributed by atoms with Gasteiger partial charge in [-0.15, -0.1) is 0 Å². The second-order valence-corrected chi connectivity index (χ2v) is 4.79. The Morgan fingerprint density at radius 3 is 3.10 bits per heavy atom. The highest BCUT2D eigenvalue weighted by Gasteiger charge is 2.26. The van der Waals surface area contributed by atoms with Crippen molar-refractivity contribution < 1.29 is 9.53 Å². The number of benzene rings is 1. The molecular formula is C16H17N3O2. The van der Waals surface area contributed by atoms with E-state index >= 15 is 0 Å². The van der Waals surface area contributed by atoms with Gasteiger partial charge in [0.15, 0.2) is 6.10 Å². The van der Waals surface area contributed by atoms with Crippen molar-refractivity contribution in [3.8, 4) is 17.9 Å². The van der Waals surface area contributed by atoms with Crippen LogP contribution in [0.25, 0.3) is 0 Å². The van der Waals surface area contributed by atoms with Crippen LogP contribution in [0.5, 0.6) is 0 Å². The Labute approximate surface area is 124 Å². The third-order valence-corrected chi connectivity index (χ3v) is 3.23. The number of hydrogen-bond acceptors (Lipinski definition) is 4. The molecule has 0 bridgehead atoms.